The van der Waals surface area contributed by atoms with Crippen molar-refractivity contribution in [1.82, 2.24) is 15.1 Å². The highest BCUT2D eigenvalue weighted by Gasteiger charge is 2.30. The molecule has 26 heavy (non-hydrogen) atoms. The summed E-state index contributed by atoms with van der Waals surface area (Å²) in [5, 5.41) is 6.15. The molecule has 3 amide bonds. The molecule has 2 aromatic rings. The van der Waals surface area contributed by atoms with E-state index < -0.39 is 24.0 Å². The summed E-state index contributed by atoms with van der Waals surface area (Å²) in [6, 6.07) is 4.73. The van der Waals surface area contributed by atoms with E-state index in [0.29, 0.717) is 12.1 Å². The number of benzene rings is 1. The predicted molar refractivity (Wildman–Crippen MR) is 88.2 cm³/mol. The van der Waals surface area contributed by atoms with Crippen molar-refractivity contribution in [2.45, 2.75) is 32.3 Å². The van der Waals surface area contributed by atoms with Crippen molar-refractivity contribution in [3.8, 4) is 5.69 Å². The maximum atomic E-state index is 13.1. The van der Waals surface area contributed by atoms with Gasteiger partial charge in [0.2, 0.25) is 0 Å². The van der Waals surface area contributed by atoms with Crippen LogP contribution in [0, 0.1) is 5.82 Å². The third-order valence-corrected chi connectivity index (χ3v) is 4.09. The monoisotopic (exact) mass is 360 g/mol. The number of fused-ring (bicyclic) bond motifs is 1. The summed E-state index contributed by atoms with van der Waals surface area (Å²) in [5.74, 6) is -1.96. The van der Waals surface area contributed by atoms with E-state index >= 15 is 0 Å². The molecule has 0 saturated carbocycles. The first-order chi connectivity index (χ1) is 12.4. The third-order valence-electron chi connectivity index (χ3n) is 4.09. The molecule has 3 rings (SSSR count). The van der Waals surface area contributed by atoms with Gasteiger partial charge in [0.15, 0.2) is 11.8 Å². The first-order valence-electron chi connectivity index (χ1n) is 8.05. The number of aromatic nitrogens is 2. The van der Waals surface area contributed by atoms with E-state index in [9.17, 15) is 18.8 Å². The standard InChI is InChI=1S/C17H17FN4O4/c1-9(15(23)20-17(19)25)26-16(24)14-12-3-2-4-13(12)22(21-14)11-7-5-10(18)6-8-11/h5-9H,2-4H2,1H3,(H3,19,20,23,25)/t9-/m1/s1. The lowest BCUT2D eigenvalue weighted by Gasteiger charge is -2.11. The van der Waals surface area contributed by atoms with Gasteiger partial charge in [-0.3, -0.25) is 10.1 Å². The highest BCUT2D eigenvalue weighted by molar-refractivity contribution is 5.98. The number of nitrogens with zero attached hydrogens (tertiary/aromatic N) is 2. The van der Waals surface area contributed by atoms with E-state index in [4.69, 9.17) is 10.5 Å². The molecule has 0 aliphatic heterocycles. The lowest BCUT2D eigenvalue weighted by Crippen LogP contribution is -2.42. The second-order valence-corrected chi connectivity index (χ2v) is 5.92. The number of ether oxygens (including phenoxy) is 1. The van der Waals surface area contributed by atoms with E-state index in [-0.39, 0.29) is 11.5 Å². The molecule has 0 unspecified atom stereocenters. The van der Waals surface area contributed by atoms with Crippen LogP contribution in [0.5, 0.6) is 0 Å². The molecule has 3 N–H and O–H groups in total. The smallest absolute Gasteiger partial charge is 0.359 e. The van der Waals surface area contributed by atoms with Crippen molar-refractivity contribution >= 4 is 17.9 Å². The molecule has 1 aliphatic rings. The summed E-state index contributed by atoms with van der Waals surface area (Å²) in [5.41, 5.74) is 7.22. The second-order valence-electron chi connectivity index (χ2n) is 5.92. The van der Waals surface area contributed by atoms with E-state index in [1.807, 2.05) is 5.32 Å². The van der Waals surface area contributed by atoms with Gasteiger partial charge in [0, 0.05) is 11.3 Å². The number of carbonyl (C=O) groups is 3. The first kappa shape index (κ1) is 17.6. The van der Waals surface area contributed by atoms with Crippen LogP contribution in [0.4, 0.5) is 9.18 Å². The number of nitrogens with one attached hydrogen (secondary N) is 1. The lowest BCUT2D eigenvalue weighted by atomic mass is 10.2. The highest BCUT2D eigenvalue weighted by atomic mass is 19.1. The fourth-order valence-corrected chi connectivity index (χ4v) is 2.89. The Morgan fingerprint density at radius 3 is 2.62 bits per heavy atom. The lowest BCUT2D eigenvalue weighted by molar-refractivity contribution is -0.127. The van der Waals surface area contributed by atoms with Crippen LogP contribution in [0.3, 0.4) is 0 Å². The van der Waals surface area contributed by atoms with Gasteiger partial charge in [0.05, 0.1) is 5.69 Å². The van der Waals surface area contributed by atoms with Gasteiger partial charge in [-0.05, 0) is 50.5 Å². The fraction of sp³-hybridized carbons (Fsp3) is 0.294. The van der Waals surface area contributed by atoms with Crippen molar-refractivity contribution in [3.05, 3.63) is 47.0 Å². The molecule has 0 radical (unpaired) electrons. The van der Waals surface area contributed by atoms with Crippen molar-refractivity contribution in [3.63, 3.8) is 0 Å². The van der Waals surface area contributed by atoms with Gasteiger partial charge in [-0.25, -0.2) is 18.7 Å². The van der Waals surface area contributed by atoms with Gasteiger partial charge in [-0.1, -0.05) is 0 Å². The first-order valence-corrected chi connectivity index (χ1v) is 8.05. The number of halogens is 1. The number of hydrogen-bond donors (Lipinski definition) is 2. The average Bonchev–Trinajstić information content (AvgIpc) is 3.17. The number of nitrogens with two attached hydrogens (primary N) is 1. The number of amides is 3. The Morgan fingerprint density at radius 1 is 1.27 bits per heavy atom. The number of primary amides is 1. The van der Waals surface area contributed by atoms with Crippen LogP contribution in [0.15, 0.2) is 24.3 Å². The van der Waals surface area contributed by atoms with Crippen LogP contribution in [0.1, 0.15) is 35.1 Å². The maximum absolute atomic E-state index is 13.1. The number of esters is 1. The molecule has 0 saturated heterocycles. The van der Waals surface area contributed by atoms with Crippen molar-refractivity contribution in [2.24, 2.45) is 5.73 Å². The van der Waals surface area contributed by atoms with E-state index in [2.05, 4.69) is 5.10 Å². The van der Waals surface area contributed by atoms with Crippen LogP contribution in [-0.2, 0) is 22.4 Å². The molecule has 1 heterocycles. The molecule has 0 bridgehead atoms. The van der Waals surface area contributed by atoms with Crippen molar-refractivity contribution in [1.29, 1.82) is 0 Å². The average molecular weight is 360 g/mol. The van der Waals surface area contributed by atoms with E-state index in [1.54, 1.807) is 16.8 Å². The van der Waals surface area contributed by atoms with Crippen molar-refractivity contribution < 1.29 is 23.5 Å². The van der Waals surface area contributed by atoms with Crippen molar-refractivity contribution in [2.75, 3.05) is 0 Å². The van der Waals surface area contributed by atoms with Crippen LogP contribution in [-0.4, -0.2) is 33.8 Å². The summed E-state index contributed by atoms with van der Waals surface area (Å²) < 4.78 is 19.8. The maximum Gasteiger partial charge on any atom is 0.359 e. The number of imide groups is 1. The molecule has 1 aromatic carbocycles. The normalized spacial score (nSPS) is 13.8. The zero-order valence-corrected chi connectivity index (χ0v) is 14.0. The molecule has 1 aliphatic carbocycles. The zero-order chi connectivity index (χ0) is 18.8. The quantitative estimate of drug-likeness (QED) is 0.796. The number of rotatable bonds is 4. The minimum absolute atomic E-state index is 0.112. The second kappa shape index (κ2) is 6.95. The summed E-state index contributed by atoms with van der Waals surface area (Å²) in [4.78, 5) is 34.8. The molecule has 0 spiro atoms. The molecule has 8 nitrogen and oxygen atoms in total. The molecule has 1 aromatic heterocycles. The van der Waals surface area contributed by atoms with E-state index in [1.165, 1.54) is 19.1 Å². The van der Waals surface area contributed by atoms with Crippen LogP contribution < -0.4 is 11.1 Å². The van der Waals surface area contributed by atoms with Gasteiger partial charge in [-0.15, -0.1) is 0 Å². The Hall–Kier alpha value is -3.23. The molecule has 1 atom stereocenters. The topological polar surface area (TPSA) is 116 Å². The summed E-state index contributed by atoms with van der Waals surface area (Å²) >= 11 is 0. The fourth-order valence-electron chi connectivity index (χ4n) is 2.89. The Labute approximate surface area is 148 Å². The van der Waals surface area contributed by atoms with Gasteiger partial charge in [0.25, 0.3) is 5.91 Å². The van der Waals surface area contributed by atoms with E-state index in [0.717, 1.165) is 24.1 Å². The molecule has 136 valence electrons. The SMILES string of the molecule is C[C@@H](OC(=O)c1nn(-c2ccc(F)cc2)c2c1CCC2)C(=O)NC(N)=O. The number of urea groups is 1. The van der Waals surface area contributed by atoms with Gasteiger partial charge in [0.1, 0.15) is 5.82 Å². The molecular weight excluding hydrogens is 343 g/mol. The predicted octanol–water partition coefficient (Wildman–Crippen LogP) is 1.24. The zero-order valence-electron chi connectivity index (χ0n) is 14.0. The Morgan fingerprint density at radius 2 is 1.96 bits per heavy atom. The largest absolute Gasteiger partial charge is 0.448 e. The Kier molecular flexibility index (Phi) is 4.70. The van der Waals surface area contributed by atoms with Gasteiger partial charge in [-0.2, -0.15) is 5.10 Å². The van der Waals surface area contributed by atoms with Crippen LogP contribution in [0.2, 0.25) is 0 Å². The van der Waals surface area contributed by atoms with Gasteiger partial charge < -0.3 is 10.5 Å². The molecular formula is C17H17FN4O4. The summed E-state index contributed by atoms with van der Waals surface area (Å²) in [6.07, 6.45) is 1.03. The van der Waals surface area contributed by atoms with Crippen LogP contribution >= 0.6 is 0 Å². The number of carbonyl (C=O) groups excluding carboxylic acids is 3. The third kappa shape index (κ3) is 3.41. The number of hydrogen-bond acceptors (Lipinski definition) is 5. The minimum atomic E-state index is -1.21. The minimum Gasteiger partial charge on any atom is -0.448 e. The molecule has 0 fully saturated rings. The van der Waals surface area contributed by atoms with Gasteiger partial charge >= 0.3 is 12.0 Å². The highest BCUT2D eigenvalue weighted by Crippen LogP contribution is 2.28. The Balaban J connectivity index is 1.85. The Bertz CT molecular complexity index is 876. The summed E-state index contributed by atoms with van der Waals surface area (Å²) in [6.45, 7) is 1.33. The molecule has 9 heteroatoms. The summed E-state index contributed by atoms with van der Waals surface area (Å²) in [7, 11) is 0. The van der Waals surface area contributed by atoms with Crippen LogP contribution in [0.25, 0.3) is 5.69 Å².